The third-order valence-electron chi connectivity index (χ3n) is 5.76. The molecule has 0 radical (unpaired) electrons. The zero-order valence-corrected chi connectivity index (χ0v) is 16.8. The quantitative estimate of drug-likeness (QED) is 0.670. The molecule has 0 saturated carbocycles. The van der Waals surface area contributed by atoms with Gasteiger partial charge in [-0.1, -0.05) is 12.1 Å². The molecule has 2 aliphatic rings. The summed E-state index contributed by atoms with van der Waals surface area (Å²) >= 11 is 0. The maximum absolute atomic E-state index is 13.0. The van der Waals surface area contributed by atoms with Gasteiger partial charge in [0.05, 0.1) is 23.7 Å². The van der Waals surface area contributed by atoms with Crippen LogP contribution in [0.1, 0.15) is 24.4 Å². The van der Waals surface area contributed by atoms with E-state index in [0.717, 1.165) is 36.2 Å². The number of carbonyl (C=O) groups is 2. The van der Waals surface area contributed by atoms with Gasteiger partial charge < -0.3 is 10.1 Å². The first-order valence-electron chi connectivity index (χ1n) is 10.0. The van der Waals surface area contributed by atoms with Crippen LogP contribution in [0.4, 0.5) is 0 Å². The first-order valence-corrected chi connectivity index (χ1v) is 10.0. The third-order valence-corrected chi connectivity index (χ3v) is 5.76. The van der Waals surface area contributed by atoms with Crippen LogP contribution < -0.4 is 16.3 Å². The molecule has 2 aliphatic heterocycles. The number of aryl methyl sites for hydroxylation is 1. The number of hydrogen-bond donors (Lipinski definition) is 2. The number of carbonyl (C=O) groups excluding carboxylic acids is 2. The Bertz CT molecular complexity index is 993. The standard InChI is InChI=1S/C20H27N5O4/c1-21-10-14-12-24(8-9-29-14)11-13-4-3-5-15-18(13)23(2)20(28)25(15)16-6-7-17(26)22-19(16)27/h3-5,14,16,21H,6-12H2,1-2H3,(H,22,26,27)/t14-,16?/m0/s1. The number of nitrogens with one attached hydrogen (secondary N) is 2. The molecule has 4 rings (SSSR count). The molecular weight excluding hydrogens is 374 g/mol. The summed E-state index contributed by atoms with van der Waals surface area (Å²) in [5.74, 6) is -0.701. The Morgan fingerprint density at radius 2 is 2.10 bits per heavy atom. The SMILES string of the molecule is CNC[C@H]1CN(Cc2cccc3c2n(C)c(=O)n3C2CCC(=O)NC2=O)CCO1. The van der Waals surface area contributed by atoms with Crippen LogP contribution in [0.25, 0.3) is 11.0 Å². The van der Waals surface area contributed by atoms with Crippen LogP contribution in [-0.2, 0) is 27.9 Å². The molecule has 9 heteroatoms. The molecule has 0 aliphatic carbocycles. The summed E-state index contributed by atoms with van der Waals surface area (Å²) in [6.45, 7) is 3.83. The maximum atomic E-state index is 13.0. The van der Waals surface area contributed by atoms with E-state index >= 15 is 0 Å². The minimum Gasteiger partial charge on any atom is -0.374 e. The zero-order chi connectivity index (χ0) is 20.5. The molecule has 2 atom stereocenters. The molecule has 2 amide bonds. The smallest absolute Gasteiger partial charge is 0.329 e. The number of nitrogens with zero attached hydrogens (tertiary/aromatic N) is 3. The second-order valence-corrected chi connectivity index (χ2v) is 7.75. The van der Waals surface area contributed by atoms with Crippen LogP contribution in [0.15, 0.2) is 23.0 Å². The van der Waals surface area contributed by atoms with Crippen LogP contribution in [0.3, 0.4) is 0 Å². The third kappa shape index (κ3) is 3.73. The van der Waals surface area contributed by atoms with Crippen molar-refractivity contribution in [2.75, 3.05) is 33.3 Å². The van der Waals surface area contributed by atoms with Gasteiger partial charge in [-0.3, -0.25) is 28.9 Å². The number of para-hydroxylation sites is 1. The molecule has 1 aromatic heterocycles. The summed E-state index contributed by atoms with van der Waals surface area (Å²) in [5.41, 5.74) is 2.36. The molecule has 2 fully saturated rings. The van der Waals surface area contributed by atoms with Gasteiger partial charge in [0, 0.05) is 39.6 Å². The van der Waals surface area contributed by atoms with Gasteiger partial charge in [-0.05, 0) is 25.1 Å². The molecule has 1 aromatic carbocycles. The van der Waals surface area contributed by atoms with E-state index in [1.807, 2.05) is 25.2 Å². The van der Waals surface area contributed by atoms with E-state index in [2.05, 4.69) is 15.5 Å². The number of aromatic nitrogens is 2. The molecule has 9 nitrogen and oxygen atoms in total. The Morgan fingerprint density at radius 1 is 1.28 bits per heavy atom. The van der Waals surface area contributed by atoms with Gasteiger partial charge in [0.25, 0.3) is 0 Å². The van der Waals surface area contributed by atoms with E-state index in [0.29, 0.717) is 19.6 Å². The average molecular weight is 401 g/mol. The monoisotopic (exact) mass is 401 g/mol. The first-order chi connectivity index (χ1) is 14.0. The number of imidazole rings is 1. The second kappa shape index (κ2) is 8.10. The summed E-state index contributed by atoms with van der Waals surface area (Å²) in [6.07, 6.45) is 0.715. The van der Waals surface area contributed by atoms with Crippen molar-refractivity contribution in [2.45, 2.75) is 31.5 Å². The second-order valence-electron chi connectivity index (χ2n) is 7.75. The van der Waals surface area contributed by atoms with Crippen LogP contribution in [0.5, 0.6) is 0 Å². The maximum Gasteiger partial charge on any atom is 0.329 e. The molecule has 3 heterocycles. The number of rotatable bonds is 5. The Kier molecular flexibility index (Phi) is 5.53. The molecule has 29 heavy (non-hydrogen) atoms. The fourth-order valence-electron chi connectivity index (χ4n) is 4.39. The molecule has 156 valence electrons. The summed E-state index contributed by atoms with van der Waals surface area (Å²) in [4.78, 5) is 39.2. The number of hydrogen-bond acceptors (Lipinski definition) is 6. The van der Waals surface area contributed by atoms with Crippen LogP contribution in [-0.4, -0.2) is 65.2 Å². The number of amides is 2. The normalized spacial score (nSPS) is 23.5. The highest BCUT2D eigenvalue weighted by Gasteiger charge is 2.31. The van der Waals surface area contributed by atoms with E-state index in [1.165, 1.54) is 4.57 Å². The predicted molar refractivity (Wildman–Crippen MR) is 108 cm³/mol. The van der Waals surface area contributed by atoms with E-state index in [1.54, 1.807) is 11.6 Å². The van der Waals surface area contributed by atoms with E-state index in [4.69, 9.17) is 4.74 Å². The number of ether oxygens (including phenoxy) is 1. The van der Waals surface area contributed by atoms with Gasteiger partial charge in [-0.2, -0.15) is 0 Å². The summed E-state index contributed by atoms with van der Waals surface area (Å²) in [6, 6.07) is 5.15. The summed E-state index contributed by atoms with van der Waals surface area (Å²) < 4.78 is 8.93. The lowest BCUT2D eigenvalue weighted by atomic mass is 10.1. The minimum atomic E-state index is -0.664. The largest absolute Gasteiger partial charge is 0.374 e. The van der Waals surface area contributed by atoms with Crippen molar-refractivity contribution in [3.8, 4) is 0 Å². The minimum absolute atomic E-state index is 0.143. The lowest BCUT2D eigenvalue weighted by Gasteiger charge is -2.33. The van der Waals surface area contributed by atoms with Crippen LogP contribution >= 0.6 is 0 Å². The van der Waals surface area contributed by atoms with Crippen molar-refractivity contribution < 1.29 is 14.3 Å². The predicted octanol–water partition coefficient (Wildman–Crippen LogP) is -0.262. The molecule has 1 unspecified atom stereocenters. The molecule has 0 bridgehead atoms. The Hall–Kier alpha value is -2.49. The number of fused-ring (bicyclic) bond motifs is 1. The molecular formula is C20H27N5O4. The topological polar surface area (TPSA) is 97.6 Å². The number of benzene rings is 1. The van der Waals surface area contributed by atoms with Crippen molar-refractivity contribution in [1.82, 2.24) is 24.7 Å². The Morgan fingerprint density at radius 3 is 2.86 bits per heavy atom. The highest BCUT2D eigenvalue weighted by atomic mass is 16.5. The van der Waals surface area contributed by atoms with Gasteiger partial charge in [0.2, 0.25) is 11.8 Å². The number of imide groups is 1. The number of piperidine rings is 1. The highest BCUT2D eigenvalue weighted by molar-refractivity contribution is 6.00. The summed E-state index contributed by atoms with van der Waals surface area (Å²) in [5, 5.41) is 5.50. The number of morpholine rings is 1. The number of likely N-dealkylation sites (N-methyl/N-ethyl adjacent to an activating group) is 1. The fourth-order valence-corrected chi connectivity index (χ4v) is 4.39. The fraction of sp³-hybridized carbons (Fsp3) is 0.550. The van der Waals surface area contributed by atoms with Crippen molar-refractivity contribution >= 4 is 22.8 Å². The van der Waals surface area contributed by atoms with Gasteiger partial charge >= 0.3 is 5.69 Å². The van der Waals surface area contributed by atoms with E-state index < -0.39 is 11.9 Å². The summed E-state index contributed by atoms with van der Waals surface area (Å²) in [7, 11) is 3.65. The van der Waals surface area contributed by atoms with Crippen molar-refractivity contribution in [3.05, 3.63) is 34.2 Å². The molecule has 2 saturated heterocycles. The van der Waals surface area contributed by atoms with Gasteiger partial charge in [0.1, 0.15) is 6.04 Å². The van der Waals surface area contributed by atoms with Crippen molar-refractivity contribution in [2.24, 2.45) is 7.05 Å². The van der Waals surface area contributed by atoms with Crippen LogP contribution in [0.2, 0.25) is 0 Å². The lowest BCUT2D eigenvalue weighted by molar-refractivity contribution is -0.135. The van der Waals surface area contributed by atoms with E-state index in [-0.39, 0.29) is 24.1 Å². The van der Waals surface area contributed by atoms with Gasteiger partial charge in [0.15, 0.2) is 0 Å². The van der Waals surface area contributed by atoms with Crippen molar-refractivity contribution in [1.29, 1.82) is 0 Å². The first kappa shape index (κ1) is 19.8. The Labute approximate surface area is 168 Å². The highest BCUT2D eigenvalue weighted by Crippen LogP contribution is 2.26. The van der Waals surface area contributed by atoms with Gasteiger partial charge in [-0.15, -0.1) is 0 Å². The lowest BCUT2D eigenvalue weighted by Crippen LogP contribution is -2.45. The molecule has 2 aromatic rings. The van der Waals surface area contributed by atoms with Gasteiger partial charge in [-0.25, -0.2) is 4.79 Å². The average Bonchev–Trinajstić information content (AvgIpc) is 2.94. The zero-order valence-electron chi connectivity index (χ0n) is 16.8. The van der Waals surface area contributed by atoms with Crippen LogP contribution in [0, 0.1) is 0 Å². The molecule has 0 spiro atoms. The van der Waals surface area contributed by atoms with Crippen molar-refractivity contribution in [3.63, 3.8) is 0 Å². The Balaban J connectivity index is 1.68. The van der Waals surface area contributed by atoms with E-state index in [9.17, 15) is 14.4 Å². The molecule has 2 N–H and O–H groups in total.